The minimum absolute atomic E-state index is 0.177. The minimum Gasteiger partial charge on any atom is -0.478 e. The topological polar surface area (TPSA) is 109 Å². The van der Waals surface area contributed by atoms with E-state index in [1.54, 1.807) is 12.3 Å². The van der Waals surface area contributed by atoms with Gasteiger partial charge in [-0.3, -0.25) is 4.98 Å². The van der Waals surface area contributed by atoms with Gasteiger partial charge in [-0.1, -0.05) is 6.07 Å². The van der Waals surface area contributed by atoms with Crippen LogP contribution in [0.2, 0.25) is 0 Å². The number of halogens is 2. The van der Waals surface area contributed by atoms with E-state index in [0.717, 1.165) is 31.1 Å². The fourth-order valence-electron chi connectivity index (χ4n) is 2.60. The molecule has 1 unspecified atom stereocenters. The summed E-state index contributed by atoms with van der Waals surface area (Å²) in [6.07, 6.45) is 3.86. The number of carboxylic acids is 2. The summed E-state index contributed by atoms with van der Waals surface area (Å²) >= 11 is 0. The second-order valence-electron chi connectivity index (χ2n) is 6.07. The quantitative estimate of drug-likeness (QED) is 0.633. The number of nitrogens with one attached hydrogen (secondary N) is 1. The van der Waals surface area contributed by atoms with Gasteiger partial charge in [-0.15, -0.1) is 0 Å². The van der Waals surface area contributed by atoms with E-state index in [2.05, 4.69) is 10.3 Å². The highest BCUT2D eigenvalue weighted by Gasteiger charge is 2.17. The Hall–Kier alpha value is -3.17. The monoisotopic (exact) mass is 406 g/mol. The number of hydrogen-bond acceptors (Lipinski definition) is 5. The zero-order chi connectivity index (χ0) is 21.2. The maximum atomic E-state index is 13.9. The molecule has 0 amide bonds. The third-order valence-electron chi connectivity index (χ3n) is 3.94. The normalized spacial score (nSPS) is 15.7. The Balaban J connectivity index is 0.000000321. The van der Waals surface area contributed by atoms with Crippen molar-refractivity contribution in [2.45, 2.75) is 19.1 Å². The maximum Gasteiger partial charge on any atom is 0.328 e. The van der Waals surface area contributed by atoms with Crippen LogP contribution in [0.25, 0.3) is 11.3 Å². The molecule has 154 valence electrons. The molecular weight excluding hydrogens is 386 g/mol. The number of rotatable bonds is 6. The van der Waals surface area contributed by atoms with Crippen molar-refractivity contribution < 1.29 is 33.3 Å². The Morgan fingerprint density at radius 1 is 1.21 bits per heavy atom. The van der Waals surface area contributed by atoms with E-state index < -0.39 is 23.6 Å². The van der Waals surface area contributed by atoms with Gasteiger partial charge < -0.3 is 20.3 Å². The Bertz CT molecular complexity index is 867. The van der Waals surface area contributed by atoms with Crippen LogP contribution in [-0.2, 0) is 20.9 Å². The molecule has 3 rings (SSSR count). The number of carbonyl (C=O) groups is 2. The number of nitrogens with zero attached hydrogens (tertiary/aromatic N) is 1. The highest BCUT2D eigenvalue weighted by atomic mass is 19.1. The SMILES string of the molecule is Fc1ccc(-c2ncccc2COC2CCNC2)c(F)c1.O=C(O)C=CC(=O)O. The maximum absolute atomic E-state index is 13.9. The van der Waals surface area contributed by atoms with Gasteiger partial charge in [0.2, 0.25) is 0 Å². The predicted molar refractivity (Wildman–Crippen MR) is 100 cm³/mol. The zero-order valence-electron chi connectivity index (χ0n) is 15.3. The van der Waals surface area contributed by atoms with E-state index in [0.29, 0.717) is 30.0 Å². The second-order valence-corrected chi connectivity index (χ2v) is 6.07. The summed E-state index contributed by atoms with van der Waals surface area (Å²) < 4.78 is 32.8. The summed E-state index contributed by atoms with van der Waals surface area (Å²) in [4.78, 5) is 23.3. The molecule has 0 bridgehead atoms. The van der Waals surface area contributed by atoms with Crippen molar-refractivity contribution >= 4 is 11.9 Å². The van der Waals surface area contributed by atoms with Gasteiger partial charge in [0.05, 0.1) is 18.4 Å². The Morgan fingerprint density at radius 2 is 1.93 bits per heavy atom. The van der Waals surface area contributed by atoms with Crippen LogP contribution in [0.3, 0.4) is 0 Å². The number of aliphatic carboxylic acids is 2. The lowest BCUT2D eigenvalue weighted by Gasteiger charge is -2.13. The Kier molecular flexibility index (Phi) is 8.38. The van der Waals surface area contributed by atoms with Gasteiger partial charge >= 0.3 is 11.9 Å². The van der Waals surface area contributed by atoms with Gasteiger partial charge in [0.25, 0.3) is 0 Å². The van der Waals surface area contributed by atoms with Crippen LogP contribution in [0.15, 0.2) is 48.7 Å². The van der Waals surface area contributed by atoms with Crippen LogP contribution in [-0.4, -0.2) is 46.3 Å². The summed E-state index contributed by atoms with van der Waals surface area (Å²) in [6, 6.07) is 7.16. The van der Waals surface area contributed by atoms with Crippen molar-refractivity contribution in [2.75, 3.05) is 13.1 Å². The van der Waals surface area contributed by atoms with Crippen LogP contribution in [0.4, 0.5) is 8.78 Å². The van der Waals surface area contributed by atoms with E-state index >= 15 is 0 Å². The summed E-state index contributed by atoms with van der Waals surface area (Å²) in [5.41, 5.74) is 1.59. The first-order valence-corrected chi connectivity index (χ1v) is 8.72. The van der Waals surface area contributed by atoms with E-state index in [9.17, 15) is 18.4 Å². The molecule has 29 heavy (non-hydrogen) atoms. The molecule has 3 N–H and O–H groups in total. The molecule has 9 heteroatoms. The summed E-state index contributed by atoms with van der Waals surface area (Å²) in [5, 5.41) is 18.9. The third-order valence-corrected chi connectivity index (χ3v) is 3.94. The molecule has 2 heterocycles. The zero-order valence-corrected chi connectivity index (χ0v) is 15.3. The number of hydrogen-bond donors (Lipinski definition) is 3. The Labute approximate surface area is 165 Å². The number of aromatic nitrogens is 1. The molecule has 2 aromatic rings. The molecule has 7 nitrogen and oxygen atoms in total. The molecule has 1 aliphatic rings. The standard InChI is InChI=1S/C16H16F2N2O.C4H4O4/c17-12-3-4-14(15(18)8-12)16-11(2-1-6-20-16)10-21-13-5-7-19-9-13;5-3(6)1-2-4(7)8/h1-4,6,8,13,19H,5,7,9-10H2;1-2H,(H,5,6)(H,7,8). The van der Waals surface area contributed by atoms with Gasteiger partial charge in [-0.2, -0.15) is 0 Å². The average molecular weight is 406 g/mol. The highest BCUT2D eigenvalue weighted by Crippen LogP contribution is 2.25. The lowest BCUT2D eigenvalue weighted by Crippen LogP contribution is -2.16. The van der Waals surface area contributed by atoms with Crippen LogP contribution in [0.1, 0.15) is 12.0 Å². The van der Waals surface area contributed by atoms with Gasteiger partial charge in [0.1, 0.15) is 11.6 Å². The van der Waals surface area contributed by atoms with Crippen LogP contribution < -0.4 is 5.32 Å². The molecule has 0 saturated carbocycles. The lowest BCUT2D eigenvalue weighted by molar-refractivity contribution is -0.134. The van der Waals surface area contributed by atoms with Crippen molar-refractivity contribution in [1.29, 1.82) is 0 Å². The highest BCUT2D eigenvalue weighted by molar-refractivity contribution is 5.89. The predicted octanol–water partition coefficient (Wildman–Crippen LogP) is 2.62. The molecule has 1 fully saturated rings. The van der Waals surface area contributed by atoms with Gasteiger partial charge in [0.15, 0.2) is 0 Å². The first-order valence-electron chi connectivity index (χ1n) is 8.72. The van der Waals surface area contributed by atoms with Crippen molar-refractivity contribution in [2.24, 2.45) is 0 Å². The Morgan fingerprint density at radius 3 is 2.52 bits per heavy atom. The molecule has 0 radical (unpaired) electrons. The molecule has 0 aliphatic carbocycles. The van der Waals surface area contributed by atoms with Crippen molar-refractivity contribution in [3.63, 3.8) is 0 Å². The fraction of sp³-hybridized carbons (Fsp3) is 0.250. The first kappa shape index (κ1) is 22.1. The first-order chi connectivity index (χ1) is 13.9. The molecule has 1 saturated heterocycles. The third kappa shape index (κ3) is 7.40. The molecular formula is C20H20F2N2O5. The lowest BCUT2D eigenvalue weighted by atomic mass is 10.1. The van der Waals surface area contributed by atoms with Gasteiger partial charge in [-0.05, 0) is 31.2 Å². The van der Waals surface area contributed by atoms with E-state index in [1.807, 2.05) is 6.07 Å². The van der Waals surface area contributed by atoms with Crippen LogP contribution >= 0.6 is 0 Å². The molecule has 0 spiro atoms. The summed E-state index contributed by atoms with van der Waals surface area (Å²) in [6.45, 7) is 2.16. The van der Waals surface area contributed by atoms with Crippen molar-refractivity contribution in [3.8, 4) is 11.3 Å². The molecule has 1 aromatic carbocycles. The van der Waals surface area contributed by atoms with Crippen molar-refractivity contribution in [1.82, 2.24) is 10.3 Å². The second kappa shape index (κ2) is 11.0. The van der Waals surface area contributed by atoms with Gasteiger partial charge in [-0.25, -0.2) is 18.4 Å². The number of benzene rings is 1. The molecule has 1 aliphatic heterocycles. The van der Waals surface area contributed by atoms with E-state index in [-0.39, 0.29) is 6.10 Å². The average Bonchev–Trinajstić information content (AvgIpc) is 3.19. The number of pyridine rings is 1. The summed E-state index contributed by atoms with van der Waals surface area (Å²) in [7, 11) is 0. The van der Waals surface area contributed by atoms with E-state index in [1.165, 1.54) is 12.1 Å². The number of carboxylic acid groups (broad SMARTS) is 2. The number of ether oxygens (including phenoxy) is 1. The van der Waals surface area contributed by atoms with Gasteiger partial charge in [0, 0.05) is 42.1 Å². The van der Waals surface area contributed by atoms with Crippen LogP contribution in [0, 0.1) is 11.6 Å². The van der Waals surface area contributed by atoms with Crippen LogP contribution in [0.5, 0.6) is 0 Å². The summed E-state index contributed by atoms with van der Waals surface area (Å²) in [5.74, 6) is -3.72. The smallest absolute Gasteiger partial charge is 0.328 e. The molecule has 1 atom stereocenters. The van der Waals surface area contributed by atoms with E-state index in [4.69, 9.17) is 14.9 Å². The van der Waals surface area contributed by atoms with Crippen molar-refractivity contribution in [3.05, 3.63) is 65.9 Å². The fourth-order valence-corrected chi connectivity index (χ4v) is 2.60. The largest absolute Gasteiger partial charge is 0.478 e. The molecule has 1 aromatic heterocycles. The minimum atomic E-state index is -1.26.